The van der Waals surface area contributed by atoms with Crippen LogP contribution in [0.2, 0.25) is 0 Å². The highest BCUT2D eigenvalue weighted by Gasteiger charge is 2.23. The second-order valence-electron chi connectivity index (χ2n) is 8.76. The van der Waals surface area contributed by atoms with Crippen molar-refractivity contribution in [3.63, 3.8) is 0 Å². The van der Waals surface area contributed by atoms with E-state index in [2.05, 4.69) is 47.2 Å². The molecule has 2 N–H and O–H groups in total. The van der Waals surface area contributed by atoms with Gasteiger partial charge in [0.05, 0.1) is 18.7 Å². The molecule has 2 atom stereocenters. The summed E-state index contributed by atoms with van der Waals surface area (Å²) in [7, 11) is 0. The van der Waals surface area contributed by atoms with E-state index in [-0.39, 0.29) is 17.7 Å². The van der Waals surface area contributed by atoms with Crippen LogP contribution >= 0.6 is 12.2 Å². The molecular formula is C26H31N3O2S. The van der Waals surface area contributed by atoms with Crippen LogP contribution in [0.5, 0.6) is 0 Å². The molecule has 1 fully saturated rings. The van der Waals surface area contributed by atoms with E-state index < -0.39 is 0 Å². The SMILES string of the molecule is Cc1cc(C)c2cc(CN(C[C@H]3CCCO3)C(=S)N[C@@H](C)c3ccccc3)c(=O)[nH]c2c1. The molecule has 0 amide bonds. The van der Waals surface area contributed by atoms with Gasteiger partial charge in [0.2, 0.25) is 0 Å². The molecule has 0 saturated carbocycles. The number of fused-ring (bicyclic) bond motifs is 1. The first-order chi connectivity index (χ1) is 15.4. The third-order valence-electron chi connectivity index (χ3n) is 6.13. The average molecular weight is 450 g/mol. The number of pyridine rings is 1. The van der Waals surface area contributed by atoms with Crippen LogP contribution in [-0.2, 0) is 11.3 Å². The van der Waals surface area contributed by atoms with E-state index in [1.807, 2.05) is 37.3 Å². The Morgan fingerprint density at radius 3 is 2.75 bits per heavy atom. The lowest BCUT2D eigenvalue weighted by molar-refractivity contribution is 0.0895. The number of nitrogens with one attached hydrogen (secondary N) is 2. The van der Waals surface area contributed by atoms with E-state index in [0.717, 1.165) is 41.5 Å². The summed E-state index contributed by atoms with van der Waals surface area (Å²) < 4.78 is 5.88. The van der Waals surface area contributed by atoms with E-state index in [9.17, 15) is 4.79 Å². The quantitative estimate of drug-likeness (QED) is 0.532. The molecule has 0 radical (unpaired) electrons. The van der Waals surface area contributed by atoms with Crippen molar-refractivity contribution in [3.05, 3.63) is 81.1 Å². The summed E-state index contributed by atoms with van der Waals surface area (Å²) in [4.78, 5) is 18.1. The molecule has 1 aromatic heterocycles. The third kappa shape index (κ3) is 5.19. The number of benzene rings is 2. The van der Waals surface area contributed by atoms with Crippen LogP contribution < -0.4 is 10.9 Å². The van der Waals surface area contributed by atoms with E-state index in [1.54, 1.807) is 0 Å². The van der Waals surface area contributed by atoms with Gasteiger partial charge in [-0.05, 0) is 74.7 Å². The molecule has 168 valence electrons. The van der Waals surface area contributed by atoms with Crippen molar-refractivity contribution in [2.75, 3.05) is 13.2 Å². The topological polar surface area (TPSA) is 57.4 Å². The minimum atomic E-state index is -0.0706. The van der Waals surface area contributed by atoms with Crippen LogP contribution in [0, 0.1) is 13.8 Å². The van der Waals surface area contributed by atoms with Gasteiger partial charge in [0.15, 0.2) is 5.11 Å². The van der Waals surface area contributed by atoms with Crippen molar-refractivity contribution in [3.8, 4) is 0 Å². The fourth-order valence-electron chi connectivity index (χ4n) is 4.39. The minimum absolute atomic E-state index is 0.0656. The molecule has 32 heavy (non-hydrogen) atoms. The first-order valence-corrected chi connectivity index (χ1v) is 11.7. The van der Waals surface area contributed by atoms with Crippen molar-refractivity contribution in [2.45, 2.75) is 52.3 Å². The molecule has 5 nitrogen and oxygen atoms in total. The Morgan fingerprint density at radius 2 is 2.03 bits per heavy atom. The Morgan fingerprint density at radius 1 is 1.25 bits per heavy atom. The molecule has 6 heteroatoms. The van der Waals surface area contributed by atoms with Crippen LogP contribution in [0.1, 0.15) is 48.1 Å². The molecule has 1 saturated heterocycles. The Balaban J connectivity index is 1.59. The van der Waals surface area contributed by atoms with Gasteiger partial charge < -0.3 is 19.9 Å². The number of ether oxygens (including phenoxy) is 1. The average Bonchev–Trinajstić information content (AvgIpc) is 3.27. The Kier molecular flexibility index (Phi) is 6.92. The van der Waals surface area contributed by atoms with Crippen molar-refractivity contribution < 1.29 is 4.74 Å². The number of rotatable bonds is 6. The summed E-state index contributed by atoms with van der Waals surface area (Å²) in [6.45, 7) is 8.10. The molecule has 2 aromatic carbocycles. The molecule has 0 bridgehead atoms. The molecule has 0 unspecified atom stereocenters. The van der Waals surface area contributed by atoms with Gasteiger partial charge in [-0.1, -0.05) is 36.4 Å². The highest BCUT2D eigenvalue weighted by molar-refractivity contribution is 7.80. The minimum Gasteiger partial charge on any atom is -0.376 e. The normalized spacial score (nSPS) is 16.8. The first-order valence-electron chi connectivity index (χ1n) is 11.3. The summed E-state index contributed by atoms with van der Waals surface area (Å²) in [5, 5.41) is 5.16. The zero-order valence-corrected chi connectivity index (χ0v) is 19.8. The molecule has 2 heterocycles. The standard InChI is InChI=1S/C26H31N3O2S/c1-17-12-18(2)23-14-21(25(30)28-24(23)13-17)15-29(16-22-10-7-11-31-22)26(32)27-19(3)20-8-5-4-6-9-20/h4-6,8-9,12-14,19,22H,7,10-11,15-16H2,1-3H3,(H,27,32)(H,28,30)/t19-,22+/m0/s1. The van der Waals surface area contributed by atoms with Crippen LogP contribution in [0.15, 0.2) is 53.3 Å². The highest BCUT2D eigenvalue weighted by atomic mass is 32.1. The molecule has 4 rings (SSSR count). The van der Waals surface area contributed by atoms with Crippen molar-refractivity contribution in [1.82, 2.24) is 15.2 Å². The zero-order valence-electron chi connectivity index (χ0n) is 19.0. The third-order valence-corrected chi connectivity index (χ3v) is 6.50. The Hall–Kier alpha value is -2.70. The van der Waals surface area contributed by atoms with Crippen LogP contribution in [0.4, 0.5) is 0 Å². The van der Waals surface area contributed by atoms with E-state index in [1.165, 1.54) is 5.56 Å². The largest absolute Gasteiger partial charge is 0.376 e. The number of aromatic nitrogens is 1. The van der Waals surface area contributed by atoms with Gasteiger partial charge in [0, 0.05) is 29.6 Å². The number of hydrogen-bond donors (Lipinski definition) is 2. The molecule has 1 aliphatic heterocycles. The van der Waals surface area contributed by atoms with Crippen molar-refractivity contribution in [1.29, 1.82) is 0 Å². The molecule has 0 spiro atoms. The molecular weight excluding hydrogens is 418 g/mol. The summed E-state index contributed by atoms with van der Waals surface area (Å²) in [6.07, 6.45) is 2.21. The second kappa shape index (κ2) is 9.84. The maximum absolute atomic E-state index is 12.9. The van der Waals surface area contributed by atoms with Crippen LogP contribution in [0.3, 0.4) is 0 Å². The van der Waals surface area contributed by atoms with Crippen LogP contribution in [-0.4, -0.2) is 34.3 Å². The summed E-state index contributed by atoms with van der Waals surface area (Å²) in [5.41, 5.74) is 4.97. The lowest BCUT2D eigenvalue weighted by atomic mass is 10.0. The van der Waals surface area contributed by atoms with Gasteiger partial charge in [-0.15, -0.1) is 0 Å². The second-order valence-corrected chi connectivity index (χ2v) is 9.15. The van der Waals surface area contributed by atoms with Crippen molar-refractivity contribution >= 4 is 28.2 Å². The van der Waals surface area contributed by atoms with Crippen LogP contribution in [0.25, 0.3) is 10.9 Å². The van der Waals surface area contributed by atoms with Crippen molar-refractivity contribution in [2.24, 2.45) is 0 Å². The van der Waals surface area contributed by atoms with Gasteiger partial charge in [-0.2, -0.15) is 0 Å². The smallest absolute Gasteiger partial charge is 0.253 e. The van der Waals surface area contributed by atoms with Gasteiger partial charge in [-0.25, -0.2) is 0 Å². The number of hydrogen-bond acceptors (Lipinski definition) is 3. The maximum Gasteiger partial charge on any atom is 0.253 e. The summed E-state index contributed by atoms with van der Waals surface area (Å²) >= 11 is 5.81. The van der Waals surface area contributed by atoms with Gasteiger partial charge >= 0.3 is 0 Å². The van der Waals surface area contributed by atoms with Gasteiger partial charge in [0.1, 0.15) is 0 Å². The number of H-pyrrole nitrogens is 1. The highest BCUT2D eigenvalue weighted by Crippen LogP contribution is 2.21. The Labute approximate surface area is 194 Å². The fourth-order valence-corrected chi connectivity index (χ4v) is 4.71. The predicted octanol–water partition coefficient (Wildman–Crippen LogP) is 4.76. The molecule has 1 aliphatic rings. The Bertz CT molecular complexity index is 1150. The summed E-state index contributed by atoms with van der Waals surface area (Å²) in [6, 6.07) is 16.5. The lowest BCUT2D eigenvalue weighted by Crippen LogP contribution is -2.44. The first kappa shape index (κ1) is 22.5. The number of nitrogens with zero attached hydrogens (tertiary/aromatic N) is 1. The predicted molar refractivity (Wildman–Crippen MR) is 134 cm³/mol. The monoisotopic (exact) mass is 449 g/mol. The lowest BCUT2D eigenvalue weighted by Gasteiger charge is -2.30. The van der Waals surface area contributed by atoms with E-state index in [0.29, 0.717) is 23.8 Å². The van der Waals surface area contributed by atoms with E-state index >= 15 is 0 Å². The number of aryl methyl sites for hydroxylation is 2. The zero-order chi connectivity index (χ0) is 22.7. The summed E-state index contributed by atoms with van der Waals surface area (Å²) in [5.74, 6) is 0. The van der Waals surface area contributed by atoms with Gasteiger partial charge in [-0.3, -0.25) is 4.79 Å². The molecule has 3 aromatic rings. The van der Waals surface area contributed by atoms with Gasteiger partial charge in [0.25, 0.3) is 5.56 Å². The number of thiocarbonyl (C=S) groups is 1. The van der Waals surface area contributed by atoms with E-state index in [4.69, 9.17) is 17.0 Å². The number of aromatic amines is 1. The molecule has 0 aliphatic carbocycles. The fraction of sp³-hybridized carbons (Fsp3) is 0.385. The maximum atomic E-state index is 12.9.